The van der Waals surface area contributed by atoms with E-state index in [0.29, 0.717) is 22.8 Å². The molecule has 0 saturated carbocycles. The molecule has 4 heterocycles. The minimum Gasteiger partial charge on any atom is -0.494 e. The number of hydrogen-bond donors (Lipinski definition) is 1. The van der Waals surface area contributed by atoms with E-state index in [0.717, 1.165) is 37.1 Å². The van der Waals surface area contributed by atoms with E-state index >= 15 is 0 Å². The molecule has 3 aromatic heterocycles. The van der Waals surface area contributed by atoms with E-state index in [9.17, 15) is 8.78 Å². The molecule has 0 bridgehead atoms. The van der Waals surface area contributed by atoms with Gasteiger partial charge in [0.15, 0.2) is 28.8 Å². The molecule has 0 spiro atoms. The van der Waals surface area contributed by atoms with Crippen molar-refractivity contribution in [3.8, 4) is 22.6 Å². The third-order valence-electron chi connectivity index (χ3n) is 6.50. The lowest BCUT2D eigenvalue weighted by Crippen LogP contribution is -2.31. The Hall–Kier alpha value is -3.53. The molecule has 1 saturated heterocycles. The highest BCUT2D eigenvalue weighted by Crippen LogP contribution is 2.34. The number of H-pyrrole nitrogens is 1. The molecular formula is C24H26F2N6O2. The maximum Gasteiger partial charge on any atom is 0.171 e. The molecule has 10 heteroatoms. The minimum absolute atomic E-state index is 0.0896. The molecule has 0 unspecified atom stereocenters. The Morgan fingerprint density at radius 3 is 2.41 bits per heavy atom. The molecule has 4 aromatic rings. The number of methoxy groups -OCH3 is 2. The predicted octanol–water partition coefficient (Wildman–Crippen LogP) is 3.97. The van der Waals surface area contributed by atoms with Crippen molar-refractivity contribution in [3.63, 3.8) is 0 Å². The summed E-state index contributed by atoms with van der Waals surface area (Å²) in [5.41, 5.74) is 2.63. The first-order valence-corrected chi connectivity index (χ1v) is 11.1. The fourth-order valence-corrected chi connectivity index (χ4v) is 4.45. The highest BCUT2D eigenvalue weighted by atomic mass is 19.1. The molecule has 1 aliphatic heterocycles. The van der Waals surface area contributed by atoms with Crippen LogP contribution in [0.2, 0.25) is 0 Å². The van der Waals surface area contributed by atoms with E-state index in [4.69, 9.17) is 9.47 Å². The quantitative estimate of drug-likeness (QED) is 0.461. The summed E-state index contributed by atoms with van der Waals surface area (Å²) in [6.07, 6.45) is 7.63. The number of pyridine rings is 1. The van der Waals surface area contributed by atoms with Gasteiger partial charge < -0.3 is 14.4 Å². The van der Waals surface area contributed by atoms with Crippen LogP contribution in [0, 0.1) is 11.6 Å². The Labute approximate surface area is 195 Å². The standard InChI is InChI=1S/C24H26F2N6O2/c1-31-6-4-16(5-7-31)32-13-15(12-28-32)14-8-17-19(29-30-24(17)27-11-14)9-18-22(25)20(33-2)10-21(34-3)23(18)26/h8,10-13,16H,4-7,9H2,1-3H3,(H,27,29,30). The summed E-state index contributed by atoms with van der Waals surface area (Å²) in [4.78, 5) is 6.79. The van der Waals surface area contributed by atoms with Gasteiger partial charge in [0.1, 0.15) is 0 Å². The van der Waals surface area contributed by atoms with Gasteiger partial charge in [0, 0.05) is 47.0 Å². The Balaban J connectivity index is 1.47. The third-order valence-corrected chi connectivity index (χ3v) is 6.50. The van der Waals surface area contributed by atoms with Gasteiger partial charge in [-0.05, 0) is 39.0 Å². The molecule has 178 valence electrons. The molecule has 0 aliphatic carbocycles. The molecule has 1 aromatic carbocycles. The Bertz CT molecular complexity index is 1300. The van der Waals surface area contributed by atoms with Gasteiger partial charge in [-0.1, -0.05) is 0 Å². The van der Waals surface area contributed by atoms with Crippen molar-refractivity contribution in [3.05, 3.63) is 53.6 Å². The molecule has 1 N–H and O–H groups in total. The molecule has 34 heavy (non-hydrogen) atoms. The summed E-state index contributed by atoms with van der Waals surface area (Å²) in [7, 11) is 4.78. The lowest BCUT2D eigenvalue weighted by atomic mass is 10.0. The van der Waals surface area contributed by atoms with E-state index in [1.165, 1.54) is 20.3 Å². The third kappa shape index (κ3) is 3.98. The largest absolute Gasteiger partial charge is 0.494 e. The Kier molecular flexibility index (Phi) is 5.91. The number of likely N-dealkylation sites (tertiary alicyclic amines) is 1. The average molecular weight is 469 g/mol. The van der Waals surface area contributed by atoms with Crippen molar-refractivity contribution in [2.75, 3.05) is 34.4 Å². The number of ether oxygens (including phenoxy) is 2. The summed E-state index contributed by atoms with van der Waals surface area (Å²) < 4.78 is 41.9. The van der Waals surface area contributed by atoms with Gasteiger partial charge in [-0.15, -0.1) is 0 Å². The second-order valence-electron chi connectivity index (χ2n) is 8.60. The number of nitrogens with zero attached hydrogens (tertiary/aromatic N) is 5. The summed E-state index contributed by atoms with van der Waals surface area (Å²) in [6.45, 7) is 2.10. The van der Waals surface area contributed by atoms with E-state index in [1.807, 2.05) is 23.1 Å². The van der Waals surface area contributed by atoms with Gasteiger partial charge in [-0.3, -0.25) is 9.78 Å². The topological polar surface area (TPSA) is 81.1 Å². The highest BCUT2D eigenvalue weighted by molar-refractivity contribution is 5.83. The van der Waals surface area contributed by atoms with Crippen LogP contribution in [0.1, 0.15) is 30.1 Å². The van der Waals surface area contributed by atoms with E-state index < -0.39 is 11.6 Å². The zero-order valence-electron chi connectivity index (χ0n) is 19.3. The number of hydrogen-bond acceptors (Lipinski definition) is 6. The fourth-order valence-electron chi connectivity index (χ4n) is 4.45. The van der Waals surface area contributed by atoms with Crippen LogP contribution in [0.5, 0.6) is 11.5 Å². The number of halogens is 2. The zero-order chi connectivity index (χ0) is 23.8. The summed E-state index contributed by atoms with van der Waals surface area (Å²) in [5, 5.41) is 12.4. The van der Waals surface area contributed by atoms with Crippen LogP contribution in [0.4, 0.5) is 8.78 Å². The number of aromatic amines is 1. The van der Waals surface area contributed by atoms with Gasteiger partial charge in [0.25, 0.3) is 0 Å². The van der Waals surface area contributed by atoms with Crippen molar-refractivity contribution < 1.29 is 18.3 Å². The molecule has 0 amide bonds. The zero-order valence-corrected chi connectivity index (χ0v) is 19.3. The highest BCUT2D eigenvalue weighted by Gasteiger charge is 2.23. The first kappa shape index (κ1) is 22.3. The van der Waals surface area contributed by atoms with Crippen LogP contribution in [0.25, 0.3) is 22.2 Å². The molecule has 0 radical (unpaired) electrons. The first-order valence-electron chi connectivity index (χ1n) is 11.1. The van der Waals surface area contributed by atoms with Crippen molar-refractivity contribution in [2.45, 2.75) is 25.3 Å². The van der Waals surface area contributed by atoms with Crippen LogP contribution in [-0.2, 0) is 6.42 Å². The predicted molar refractivity (Wildman–Crippen MR) is 123 cm³/mol. The minimum atomic E-state index is -0.777. The molecule has 5 rings (SSSR count). The SMILES string of the molecule is COc1cc(OC)c(F)c(Cc2n[nH]c3ncc(-c4cnn(C5CCN(C)CC5)c4)cc23)c1F. The number of nitrogens with one attached hydrogen (secondary N) is 1. The first-order chi connectivity index (χ1) is 16.5. The van der Waals surface area contributed by atoms with Crippen LogP contribution in [0.15, 0.2) is 30.7 Å². The van der Waals surface area contributed by atoms with Crippen LogP contribution >= 0.6 is 0 Å². The summed E-state index contributed by atoms with van der Waals surface area (Å²) >= 11 is 0. The molecular weight excluding hydrogens is 442 g/mol. The van der Waals surface area contributed by atoms with E-state index in [1.54, 1.807) is 6.20 Å². The molecule has 8 nitrogen and oxygen atoms in total. The average Bonchev–Trinajstić information content (AvgIpc) is 3.50. The Morgan fingerprint density at radius 1 is 1.03 bits per heavy atom. The number of rotatable bonds is 6. The van der Waals surface area contributed by atoms with Gasteiger partial charge >= 0.3 is 0 Å². The second-order valence-corrected chi connectivity index (χ2v) is 8.60. The monoisotopic (exact) mass is 468 g/mol. The van der Waals surface area contributed by atoms with Crippen molar-refractivity contribution in [1.29, 1.82) is 0 Å². The van der Waals surface area contributed by atoms with E-state index in [-0.39, 0.29) is 23.5 Å². The maximum absolute atomic E-state index is 14.9. The van der Waals surface area contributed by atoms with Crippen molar-refractivity contribution in [1.82, 2.24) is 29.9 Å². The molecule has 1 fully saturated rings. The van der Waals surface area contributed by atoms with Crippen LogP contribution < -0.4 is 9.47 Å². The second kappa shape index (κ2) is 9.02. The smallest absolute Gasteiger partial charge is 0.171 e. The van der Waals surface area contributed by atoms with Gasteiger partial charge in [-0.25, -0.2) is 13.8 Å². The lowest BCUT2D eigenvalue weighted by Gasteiger charge is -2.28. The molecule has 1 aliphatic rings. The van der Waals surface area contributed by atoms with Gasteiger partial charge in [-0.2, -0.15) is 10.2 Å². The normalized spacial score (nSPS) is 15.2. The van der Waals surface area contributed by atoms with E-state index in [2.05, 4.69) is 32.2 Å². The van der Waals surface area contributed by atoms with Gasteiger partial charge in [0.05, 0.1) is 32.2 Å². The van der Waals surface area contributed by atoms with Crippen molar-refractivity contribution >= 4 is 11.0 Å². The molecule has 0 atom stereocenters. The Morgan fingerprint density at radius 2 is 1.74 bits per heavy atom. The van der Waals surface area contributed by atoms with Gasteiger partial charge in [0.2, 0.25) is 0 Å². The maximum atomic E-state index is 14.9. The number of fused-ring (bicyclic) bond motifs is 1. The summed E-state index contributed by atoms with van der Waals surface area (Å²) in [5.74, 6) is -1.73. The number of benzene rings is 1. The van der Waals surface area contributed by atoms with Crippen LogP contribution in [-0.4, -0.2) is 64.2 Å². The summed E-state index contributed by atoms with van der Waals surface area (Å²) in [6, 6.07) is 3.49. The fraction of sp³-hybridized carbons (Fsp3) is 0.375. The number of piperidine rings is 1. The van der Waals surface area contributed by atoms with Crippen molar-refractivity contribution in [2.24, 2.45) is 0 Å². The lowest BCUT2D eigenvalue weighted by molar-refractivity contribution is 0.212. The van der Waals surface area contributed by atoms with Crippen LogP contribution in [0.3, 0.4) is 0 Å². The number of aromatic nitrogens is 5.